The summed E-state index contributed by atoms with van der Waals surface area (Å²) in [5.41, 5.74) is 0. The summed E-state index contributed by atoms with van der Waals surface area (Å²) in [6.45, 7) is 1.99. The smallest absolute Gasteiger partial charge is 0.0825 e. The maximum absolute atomic E-state index is 3.85. The molecule has 3 nitrogen and oxygen atoms in total. The van der Waals surface area contributed by atoms with Gasteiger partial charge in [0, 0.05) is 6.54 Å². The predicted octanol–water partition coefficient (Wildman–Crippen LogP) is -0.220. The van der Waals surface area contributed by atoms with Crippen molar-refractivity contribution in [2.24, 2.45) is 4.99 Å². The lowest BCUT2D eigenvalue weighted by molar-refractivity contribution is 0.965. The molecule has 6 heavy (non-hydrogen) atoms. The summed E-state index contributed by atoms with van der Waals surface area (Å²) >= 11 is 0. The molecule has 0 fully saturated rings. The molecular formula is C3H9N3. The van der Waals surface area contributed by atoms with Crippen molar-refractivity contribution in [3.8, 4) is 0 Å². The highest BCUT2D eigenvalue weighted by Crippen LogP contribution is 1.68. The van der Waals surface area contributed by atoms with Gasteiger partial charge < -0.3 is 11.5 Å². The molecule has 0 bridgehead atoms. The summed E-state index contributed by atoms with van der Waals surface area (Å²) in [4.78, 5) is 3.85. The monoisotopic (exact) mass is 87.1 g/mol. The minimum absolute atomic E-state index is 0. The minimum atomic E-state index is 0. The highest BCUT2D eigenvalue weighted by molar-refractivity contribution is 5.56. The van der Waals surface area contributed by atoms with Gasteiger partial charge >= 0.3 is 0 Å². The van der Waals surface area contributed by atoms with Crippen LogP contribution in [0.4, 0.5) is 0 Å². The normalized spacial score (nSPS) is 16.0. The lowest BCUT2D eigenvalue weighted by Crippen LogP contribution is -2.04. The molecule has 0 saturated carbocycles. The largest absolute Gasteiger partial charge is 0.375 e. The number of rotatable bonds is 0. The van der Waals surface area contributed by atoms with Crippen molar-refractivity contribution in [3.05, 3.63) is 0 Å². The zero-order valence-corrected chi connectivity index (χ0v) is 3.65. The van der Waals surface area contributed by atoms with E-state index in [1.807, 2.05) is 0 Å². The fourth-order valence-corrected chi connectivity index (χ4v) is 0.323. The Morgan fingerprint density at radius 2 is 2.50 bits per heavy atom. The van der Waals surface area contributed by atoms with Crippen LogP contribution < -0.4 is 11.5 Å². The van der Waals surface area contributed by atoms with Crippen molar-refractivity contribution < 1.29 is 0 Å². The molecule has 4 N–H and O–H groups in total. The van der Waals surface area contributed by atoms with E-state index < -0.39 is 0 Å². The van der Waals surface area contributed by atoms with Gasteiger partial charge in [-0.15, -0.1) is 0 Å². The average molecular weight is 87.1 g/mol. The van der Waals surface area contributed by atoms with Crippen molar-refractivity contribution in [2.45, 2.75) is 0 Å². The van der Waals surface area contributed by atoms with E-state index in [9.17, 15) is 0 Å². The second-order valence-electron chi connectivity index (χ2n) is 0.989. The van der Waals surface area contributed by atoms with Crippen molar-refractivity contribution in [2.75, 3.05) is 13.1 Å². The first-order valence-electron chi connectivity index (χ1n) is 1.72. The summed E-state index contributed by atoms with van der Waals surface area (Å²) < 4.78 is 0. The van der Waals surface area contributed by atoms with Crippen LogP contribution in [0, 0.1) is 0 Å². The molecule has 0 unspecified atom stereocenters. The molecule has 0 aromatic carbocycles. The third-order valence-electron chi connectivity index (χ3n) is 0.568. The van der Waals surface area contributed by atoms with Gasteiger partial charge in [-0.2, -0.15) is 0 Å². The Kier molecular flexibility index (Phi) is 2.40. The van der Waals surface area contributed by atoms with Crippen LogP contribution in [0.15, 0.2) is 4.99 Å². The first kappa shape index (κ1) is 5.43. The van der Waals surface area contributed by atoms with Crippen molar-refractivity contribution in [1.82, 2.24) is 11.5 Å². The van der Waals surface area contributed by atoms with Gasteiger partial charge in [0.25, 0.3) is 0 Å². The number of nitrogens with zero attached hydrogens (tertiary/aromatic N) is 1. The molecule has 1 aliphatic rings. The molecule has 0 saturated heterocycles. The second-order valence-corrected chi connectivity index (χ2v) is 0.989. The summed E-state index contributed by atoms with van der Waals surface area (Å²) in [7, 11) is 0. The van der Waals surface area contributed by atoms with Crippen LogP contribution in [-0.4, -0.2) is 19.4 Å². The molecule has 0 aromatic heterocycles. The molecular weight excluding hydrogens is 78.1 g/mol. The number of aliphatic imine (C=N–C) groups is 1. The fraction of sp³-hybridized carbons (Fsp3) is 0.667. The Bertz CT molecular complexity index is 44.0. The van der Waals surface area contributed by atoms with Crippen LogP contribution in [0.3, 0.4) is 0 Å². The Morgan fingerprint density at radius 3 is 2.67 bits per heavy atom. The molecule has 1 rings (SSSR count). The van der Waals surface area contributed by atoms with E-state index in [4.69, 9.17) is 0 Å². The third-order valence-corrected chi connectivity index (χ3v) is 0.568. The van der Waals surface area contributed by atoms with Crippen LogP contribution in [0.5, 0.6) is 0 Å². The highest BCUT2D eigenvalue weighted by atomic mass is 15.0. The van der Waals surface area contributed by atoms with Crippen LogP contribution in [0.25, 0.3) is 0 Å². The summed E-state index contributed by atoms with van der Waals surface area (Å²) in [5.74, 6) is 0. The molecule has 0 atom stereocenters. The van der Waals surface area contributed by atoms with Crippen LogP contribution in [0.2, 0.25) is 0 Å². The van der Waals surface area contributed by atoms with Crippen molar-refractivity contribution in [1.29, 1.82) is 0 Å². The number of nitrogens with one attached hydrogen (secondary N) is 1. The van der Waals surface area contributed by atoms with E-state index in [-0.39, 0.29) is 6.15 Å². The molecule has 0 spiro atoms. The SMILES string of the molecule is C1=NCCN1.N. The van der Waals surface area contributed by atoms with Crippen LogP contribution in [0.1, 0.15) is 0 Å². The van der Waals surface area contributed by atoms with E-state index in [2.05, 4.69) is 10.3 Å². The second kappa shape index (κ2) is 2.66. The van der Waals surface area contributed by atoms with Gasteiger partial charge in [-0.05, 0) is 0 Å². The van der Waals surface area contributed by atoms with Gasteiger partial charge in [0.1, 0.15) is 0 Å². The van der Waals surface area contributed by atoms with Gasteiger partial charge in [-0.3, -0.25) is 4.99 Å². The average Bonchev–Trinajstić information content (AvgIpc) is 1.76. The highest BCUT2D eigenvalue weighted by Gasteiger charge is 1.82. The van der Waals surface area contributed by atoms with Crippen molar-refractivity contribution >= 4 is 6.34 Å². The molecule has 1 aliphatic heterocycles. The van der Waals surface area contributed by atoms with Gasteiger partial charge in [-0.1, -0.05) is 0 Å². The lowest BCUT2D eigenvalue weighted by atomic mass is 10.7. The zero-order chi connectivity index (χ0) is 3.54. The van der Waals surface area contributed by atoms with Crippen molar-refractivity contribution in [3.63, 3.8) is 0 Å². The van der Waals surface area contributed by atoms with Gasteiger partial charge in [-0.25, -0.2) is 0 Å². The van der Waals surface area contributed by atoms with Crippen LogP contribution in [-0.2, 0) is 0 Å². The summed E-state index contributed by atoms with van der Waals surface area (Å²) in [5, 5.41) is 2.93. The van der Waals surface area contributed by atoms with E-state index in [0.29, 0.717) is 0 Å². The maximum Gasteiger partial charge on any atom is 0.0825 e. The summed E-state index contributed by atoms with van der Waals surface area (Å²) in [6.07, 6.45) is 1.74. The molecule has 0 aliphatic carbocycles. The molecule has 0 radical (unpaired) electrons. The predicted molar refractivity (Wildman–Crippen MR) is 26.4 cm³/mol. The number of hydrogen-bond donors (Lipinski definition) is 2. The van der Waals surface area contributed by atoms with E-state index >= 15 is 0 Å². The molecule has 0 aromatic rings. The fourth-order valence-electron chi connectivity index (χ4n) is 0.323. The Hall–Kier alpha value is -0.570. The Morgan fingerprint density at radius 1 is 1.67 bits per heavy atom. The van der Waals surface area contributed by atoms with E-state index in [1.54, 1.807) is 6.34 Å². The minimum Gasteiger partial charge on any atom is -0.375 e. The summed E-state index contributed by atoms with van der Waals surface area (Å²) in [6, 6.07) is 0. The number of hydrogen-bond acceptors (Lipinski definition) is 3. The lowest BCUT2D eigenvalue weighted by Gasteiger charge is -1.75. The van der Waals surface area contributed by atoms with Crippen LogP contribution >= 0.6 is 0 Å². The Labute approximate surface area is 37.0 Å². The Balaban J connectivity index is 0.000000250. The van der Waals surface area contributed by atoms with E-state index in [0.717, 1.165) is 13.1 Å². The van der Waals surface area contributed by atoms with Gasteiger partial charge in [0.15, 0.2) is 0 Å². The quantitative estimate of drug-likeness (QED) is 0.429. The zero-order valence-electron chi connectivity index (χ0n) is 3.65. The third kappa shape index (κ3) is 1.03. The first-order valence-corrected chi connectivity index (χ1v) is 1.72. The topological polar surface area (TPSA) is 59.4 Å². The standard InChI is InChI=1S/C3H6N2.H3N/c1-2-5-3-4-1;/h3H,1-2H2,(H,4,5);1H3. The van der Waals surface area contributed by atoms with Gasteiger partial charge in [0.05, 0.1) is 12.9 Å². The van der Waals surface area contributed by atoms with E-state index in [1.165, 1.54) is 0 Å². The van der Waals surface area contributed by atoms with Gasteiger partial charge in [0.2, 0.25) is 0 Å². The molecule has 3 heteroatoms. The molecule has 0 amide bonds. The first-order chi connectivity index (χ1) is 2.50. The molecule has 1 heterocycles. The maximum atomic E-state index is 3.85. The molecule has 36 valence electrons.